The fraction of sp³-hybridized carbons (Fsp3) is 0.647. The van der Waals surface area contributed by atoms with Gasteiger partial charge in [-0.15, -0.1) is 0 Å². The van der Waals surface area contributed by atoms with Crippen molar-refractivity contribution in [1.82, 2.24) is 5.32 Å². The van der Waals surface area contributed by atoms with Gasteiger partial charge in [0.05, 0.1) is 0 Å². The van der Waals surface area contributed by atoms with Crippen LogP contribution in [0.1, 0.15) is 43.7 Å². The van der Waals surface area contributed by atoms with Crippen LogP contribution in [0, 0.1) is 6.92 Å². The molecule has 0 radical (unpaired) electrons. The average Bonchev–Trinajstić information content (AvgIpc) is 2.44. The zero-order valence-corrected chi connectivity index (χ0v) is 13.3. The fourth-order valence-corrected chi connectivity index (χ4v) is 2.42. The Kier molecular flexibility index (Phi) is 8.31. The van der Waals surface area contributed by atoms with Crippen molar-refractivity contribution in [2.45, 2.75) is 46.1 Å². The molecule has 0 fully saturated rings. The monoisotopic (exact) mass is 278 g/mol. The maximum atomic E-state index is 8.79. The maximum absolute atomic E-state index is 8.79. The number of anilines is 1. The Bertz CT molecular complexity index is 379. The van der Waals surface area contributed by atoms with Crippen molar-refractivity contribution >= 4 is 5.69 Å². The zero-order chi connectivity index (χ0) is 14.8. The van der Waals surface area contributed by atoms with E-state index in [4.69, 9.17) is 5.11 Å². The summed E-state index contributed by atoms with van der Waals surface area (Å²) < 4.78 is 0. The number of aliphatic hydroxyl groups is 1. The first-order chi connectivity index (χ1) is 9.69. The van der Waals surface area contributed by atoms with Crippen LogP contribution in [0.3, 0.4) is 0 Å². The lowest BCUT2D eigenvalue weighted by atomic mass is 10.1. The number of aliphatic hydroxyl groups excluding tert-OH is 1. The van der Waals surface area contributed by atoms with Gasteiger partial charge in [-0.1, -0.05) is 19.1 Å². The molecule has 1 rings (SSSR count). The molecule has 0 spiro atoms. The minimum absolute atomic E-state index is 0.308. The van der Waals surface area contributed by atoms with Gasteiger partial charge in [0.15, 0.2) is 0 Å². The number of nitrogens with one attached hydrogen (secondary N) is 1. The molecule has 0 saturated heterocycles. The first-order valence-electron chi connectivity index (χ1n) is 7.81. The van der Waals surface area contributed by atoms with Gasteiger partial charge in [0.1, 0.15) is 0 Å². The second-order valence-corrected chi connectivity index (χ2v) is 5.50. The smallest absolute Gasteiger partial charge is 0.0431 e. The summed E-state index contributed by atoms with van der Waals surface area (Å²) >= 11 is 0. The van der Waals surface area contributed by atoms with Crippen LogP contribution in [0.25, 0.3) is 0 Å². The van der Waals surface area contributed by atoms with Gasteiger partial charge in [-0.3, -0.25) is 0 Å². The highest BCUT2D eigenvalue weighted by molar-refractivity contribution is 5.53. The van der Waals surface area contributed by atoms with Gasteiger partial charge in [-0.25, -0.2) is 0 Å². The number of hydrogen-bond donors (Lipinski definition) is 2. The van der Waals surface area contributed by atoms with Crippen molar-refractivity contribution < 1.29 is 5.11 Å². The Labute approximate surface area is 124 Å². The lowest BCUT2D eigenvalue weighted by molar-refractivity contribution is 0.283. The molecule has 114 valence electrons. The maximum Gasteiger partial charge on any atom is 0.0431 e. The van der Waals surface area contributed by atoms with E-state index in [0.717, 1.165) is 38.9 Å². The third-order valence-electron chi connectivity index (χ3n) is 3.58. The molecule has 0 aromatic heterocycles. The Balaban J connectivity index is 2.49. The molecule has 0 aliphatic rings. The van der Waals surface area contributed by atoms with Crippen LogP contribution in [0.5, 0.6) is 0 Å². The van der Waals surface area contributed by atoms with Gasteiger partial charge < -0.3 is 15.3 Å². The van der Waals surface area contributed by atoms with E-state index in [1.54, 1.807) is 0 Å². The first-order valence-corrected chi connectivity index (χ1v) is 7.81. The molecule has 20 heavy (non-hydrogen) atoms. The summed E-state index contributed by atoms with van der Waals surface area (Å²) in [6.07, 6.45) is 4.32. The summed E-state index contributed by atoms with van der Waals surface area (Å²) in [6.45, 7) is 7.76. The lowest BCUT2D eigenvalue weighted by Gasteiger charge is -2.22. The predicted octanol–water partition coefficient (Wildman–Crippen LogP) is 3.09. The van der Waals surface area contributed by atoms with E-state index in [1.807, 2.05) is 0 Å². The van der Waals surface area contributed by atoms with E-state index < -0.39 is 0 Å². The molecule has 0 saturated carbocycles. The molecule has 0 atom stereocenters. The number of unbranched alkanes of at least 4 members (excludes halogenated alkanes) is 2. The average molecular weight is 278 g/mol. The number of nitrogens with zero attached hydrogens (tertiary/aromatic N) is 1. The van der Waals surface area contributed by atoms with Gasteiger partial charge >= 0.3 is 0 Å². The molecule has 3 nitrogen and oxygen atoms in total. The Morgan fingerprint density at radius 2 is 2.00 bits per heavy atom. The van der Waals surface area contributed by atoms with E-state index in [9.17, 15) is 0 Å². The Hall–Kier alpha value is -1.06. The minimum atomic E-state index is 0.308. The molecule has 0 heterocycles. The van der Waals surface area contributed by atoms with Gasteiger partial charge in [-0.2, -0.15) is 0 Å². The van der Waals surface area contributed by atoms with Crippen LogP contribution in [0.4, 0.5) is 5.69 Å². The highest BCUT2D eigenvalue weighted by atomic mass is 16.2. The predicted molar refractivity (Wildman–Crippen MR) is 87.4 cm³/mol. The summed E-state index contributed by atoms with van der Waals surface area (Å²) in [6, 6.07) is 6.72. The van der Waals surface area contributed by atoms with Gasteiger partial charge in [0, 0.05) is 32.4 Å². The molecular formula is C17H30N2O. The molecule has 0 amide bonds. The molecule has 0 bridgehead atoms. The summed E-state index contributed by atoms with van der Waals surface area (Å²) in [5.74, 6) is 0. The lowest BCUT2D eigenvalue weighted by Crippen LogP contribution is -2.20. The molecule has 1 aromatic carbocycles. The number of aryl methyl sites for hydroxylation is 1. The molecule has 0 aliphatic carbocycles. The SMILES string of the molecule is CCCNCc1ccc(N(C)CCCCCO)c(C)c1. The highest BCUT2D eigenvalue weighted by Crippen LogP contribution is 2.20. The van der Waals surface area contributed by atoms with Gasteiger partial charge in [0.2, 0.25) is 0 Å². The summed E-state index contributed by atoms with van der Waals surface area (Å²) in [4.78, 5) is 2.32. The second kappa shape index (κ2) is 9.78. The van der Waals surface area contributed by atoms with Crippen molar-refractivity contribution in [2.24, 2.45) is 0 Å². The fourth-order valence-electron chi connectivity index (χ4n) is 2.42. The van der Waals surface area contributed by atoms with E-state index in [1.165, 1.54) is 23.2 Å². The quantitative estimate of drug-likeness (QED) is 0.646. The number of benzene rings is 1. The topological polar surface area (TPSA) is 35.5 Å². The summed E-state index contributed by atoms with van der Waals surface area (Å²) in [7, 11) is 2.15. The van der Waals surface area contributed by atoms with Crippen LogP contribution < -0.4 is 10.2 Å². The summed E-state index contributed by atoms with van der Waals surface area (Å²) in [5.41, 5.74) is 4.01. The third-order valence-corrected chi connectivity index (χ3v) is 3.58. The minimum Gasteiger partial charge on any atom is -0.396 e. The standard InChI is InChI=1S/C17H30N2O/c1-4-10-18-14-16-8-9-17(15(2)13-16)19(3)11-6-5-7-12-20/h8-9,13,18,20H,4-7,10-12,14H2,1-3H3. The van der Waals surface area contributed by atoms with Gasteiger partial charge in [-0.05, 0) is 56.3 Å². The third kappa shape index (κ3) is 5.93. The summed E-state index contributed by atoms with van der Waals surface area (Å²) in [5, 5.41) is 12.2. The number of rotatable bonds is 10. The Morgan fingerprint density at radius 3 is 2.65 bits per heavy atom. The van der Waals surface area contributed by atoms with Crippen molar-refractivity contribution in [3.8, 4) is 0 Å². The van der Waals surface area contributed by atoms with Gasteiger partial charge in [0.25, 0.3) is 0 Å². The molecule has 0 aliphatic heterocycles. The first kappa shape index (κ1) is 17.0. The van der Waals surface area contributed by atoms with Crippen molar-refractivity contribution in [1.29, 1.82) is 0 Å². The number of hydrogen-bond acceptors (Lipinski definition) is 3. The van der Waals surface area contributed by atoms with Crippen LogP contribution >= 0.6 is 0 Å². The van der Waals surface area contributed by atoms with Crippen LogP contribution in [-0.2, 0) is 6.54 Å². The van der Waals surface area contributed by atoms with E-state index >= 15 is 0 Å². The second-order valence-electron chi connectivity index (χ2n) is 5.50. The van der Waals surface area contributed by atoms with E-state index in [0.29, 0.717) is 6.61 Å². The molecule has 3 heteroatoms. The van der Waals surface area contributed by atoms with Crippen molar-refractivity contribution in [3.05, 3.63) is 29.3 Å². The molecule has 0 unspecified atom stereocenters. The molecule has 2 N–H and O–H groups in total. The highest BCUT2D eigenvalue weighted by Gasteiger charge is 2.05. The van der Waals surface area contributed by atoms with Crippen LogP contribution in [0.15, 0.2) is 18.2 Å². The largest absolute Gasteiger partial charge is 0.396 e. The normalized spacial score (nSPS) is 10.8. The van der Waals surface area contributed by atoms with Crippen molar-refractivity contribution in [2.75, 3.05) is 31.6 Å². The molecule has 1 aromatic rings. The zero-order valence-electron chi connectivity index (χ0n) is 13.3. The van der Waals surface area contributed by atoms with E-state index in [2.05, 4.69) is 49.3 Å². The Morgan fingerprint density at radius 1 is 1.20 bits per heavy atom. The van der Waals surface area contributed by atoms with Crippen LogP contribution in [-0.4, -0.2) is 31.9 Å². The van der Waals surface area contributed by atoms with E-state index in [-0.39, 0.29) is 0 Å². The molecular weight excluding hydrogens is 248 g/mol. The van der Waals surface area contributed by atoms with Crippen molar-refractivity contribution in [3.63, 3.8) is 0 Å². The van der Waals surface area contributed by atoms with Crippen LogP contribution in [0.2, 0.25) is 0 Å².